The number of rotatable bonds is 1. The number of dihydropyridines is 1. The van der Waals surface area contributed by atoms with Gasteiger partial charge in [0.25, 0.3) is 0 Å². The first-order chi connectivity index (χ1) is 4.33. The summed E-state index contributed by atoms with van der Waals surface area (Å²) >= 11 is 3.29. The van der Waals surface area contributed by atoms with Gasteiger partial charge in [-0.05, 0) is 15.9 Å². The van der Waals surface area contributed by atoms with Crippen molar-refractivity contribution in [3.63, 3.8) is 0 Å². The van der Waals surface area contributed by atoms with Crippen LogP contribution >= 0.6 is 15.9 Å². The van der Waals surface area contributed by atoms with Gasteiger partial charge in [-0.25, -0.2) is 5.43 Å². The fourth-order valence-corrected chi connectivity index (χ4v) is 0.915. The molecular formula is C5H8BrN3. The van der Waals surface area contributed by atoms with Crippen LogP contribution in [0, 0.1) is 0 Å². The number of halogens is 1. The third kappa shape index (κ3) is 1.89. The predicted molar refractivity (Wildman–Crippen MR) is 41.2 cm³/mol. The number of hydrazine groups is 1. The number of allylic oxidation sites excluding steroid dienone is 1. The largest absolute Gasteiger partial charge is 0.272 e. The lowest BCUT2D eigenvalue weighted by Crippen LogP contribution is -2.34. The topological polar surface area (TPSA) is 50.4 Å². The number of nitrogens with zero attached hydrogens (tertiary/aromatic N) is 1. The van der Waals surface area contributed by atoms with E-state index < -0.39 is 0 Å². The van der Waals surface area contributed by atoms with E-state index >= 15 is 0 Å². The molecule has 3 nitrogen and oxygen atoms in total. The van der Waals surface area contributed by atoms with Gasteiger partial charge in [-0.1, -0.05) is 6.08 Å². The van der Waals surface area contributed by atoms with Crippen LogP contribution in [0.5, 0.6) is 0 Å². The summed E-state index contributed by atoms with van der Waals surface area (Å²) in [6.07, 6.45) is 4.69. The van der Waals surface area contributed by atoms with Crippen molar-refractivity contribution in [3.8, 4) is 0 Å². The molecule has 1 unspecified atom stereocenters. The Morgan fingerprint density at radius 1 is 1.89 bits per heavy atom. The highest BCUT2D eigenvalue weighted by Crippen LogP contribution is 2.10. The van der Waals surface area contributed by atoms with Crippen molar-refractivity contribution in [2.75, 3.05) is 0 Å². The molecule has 1 heterocycles. The van der Waals surface area contributed by atoms with Crippen LogP contribution in [0.2, 0.25) is 0 Å². The van der Waals surface area contributed by atoms with Crippen LogP contribution < -0.4 is 11.3 Å². The molecular weight excluding hydrogens is 182 g/mol. The first-order valence-electron chi connectivity index (χ1n) is 2.68. The van der Waals surface area contributed by atoms with E-state index in [-0.39, 0.29) is 6.17 Å². The molecule has 0 aromatic heterocycles. The zero-order valence-electron chi connectivity index (χ0n) is 4.84. The number of hydrogen-bond acceptors (Lipinski definition) is 3. The number of aliphatic imine (C=N–C) groups is 1. The van der Waals surface area contributed by atoms with Crippen LogP contribution in [0.1, 0.15) is 6.42 Å². The maximum atomic E-state index is 5.14. The molecule has 0 aromatic carbocycles. The number of hydrogen-bond donors (Lipinski definition) is 2. The zero-order chi connectivity index (χ0) is 6.69. The van der Waals surface area contributed by atoms with E-state index in [2.05, 4.69) is 26.3 Å². The van der Waals surface area contributed by atoms with Gasteiger partial charge in [0.1, 0.15) is 6.17 Å². The van der Waals surface area contributed by atoms with E-state index in [0.717, 1.165) is 10.9 Å². The minimum atomic E-state index is 0.0614. The fraction of sp³-hybridized carbons (Fsp3) is 0.400. The Kier molecular flexibility index (Phi) is 2.38. The van der Waals surface area contributed by atoms with Crippen molar-refractivity contribution in [3.05, 3.63) is 10.6 Å². The predicted octanol–water partition coefficient (Wildman–Crippen LogP) is 0.529. The first-order valence-corrected chi connectivity index (χ1v) is 3.47. The Labute approximate surface area is 62.1 Å². The first kappa shape index (κ1) is 6.92. The van der Waals surface area contributed by atoms with Gasteiger partial charge in [-0.3, -0.25) is 10.8 Å². The van der Waals surface area contributed by atoms with Gasteiger partial charge in [0.15, 0.2) is 0 Å². The molecule has 9 heavy (non-hydrogen) atoms. The summed E-state index contributed by atoms with van der Waals surface area (Å²) in [5.74, 6) is 5.14. The van der Waals surface area contributed by atoms with Crippen molar-refractivity contribution in [1.29, 1.82) is 0 Å². The molecule has 50 valence electrons. The van der Waals surface area contributed by atoms with Gasteiger partial charge in [0.2, 0.25) is 0 Å². The second kappa shape index (κ2) is 3.10. The van der Waals surface area contributed by atoms with Crippen molar-refractivity contribution < 1.29 is 0 Å². The van der Waals surface area contributed by atoms with E-state index in [1.807, 2.05) is 6.08 Å². The molecule has 1 aliphatic rings. The molecule has 1 atom stereocenters. The molecule has 0 radical (unpaired) electrons. The molecule has 0 aromatic rings. The summed E-state index contributed by atoms with van der Waals surface area (Å²) in [6, 6.07) is 0. The summed E-state index contributed by atoms with van der Waals surface area (Å²) in [6.45, 7) is 0. The van der Waals surface area contributed by atoms with Gasteiger partial charge >= 0.3 is 0 Å². The zero-order valence-corrected chi connectivity index (χ0v) is 6.43. The van der Waals surface area contributed by atoms with Gasteiger partial charge in [0, 0.05) is 17.1 Å². The van der Waals surface area contributed by atoms with Crippen molar-refractivity contribution in [2.24, 2.45) is 10.8 Å². The average molecular weight is 190 g/mol. The Balaban J connectivity index is 2.48. The third-order valence-corrected chi connectivity index (χ3v) is 1.63. The Morgan fingerprint density at radius 2 is 2.67 bits per heavy atom. The minimum absolute atomic E-state index is 0.0614. The van der Waals surface area contributed by atoms with Gasteiger partial charge in [0.05, 0.1) is 0 Å². The highest BCUT2D eigenvalue weighted by Gasteiger charge is 2.04. The van der Waals surface area contributed by atoms with Crippen LogP contribution in [0.25, 0.3) is 0 Å². The Morgan fingerprint density at radius 3 is 3.11 bits per heavy atom. The van der Waals surface area contributed by atoms with Crippen molar-refractivity contribution >= 4 is 22.1 Å². The number of nitrogens with one attached hydrogen (secondary N) is 1. The molecule has 1 aliphatic heterocycles. The molecule has 1 rings (SSSR count). The quantitative estimate of drug-likeness (QED) is 0.468. The van der Waals surface area contributed by atoms with Crippen LogP contribution in [-0.4, -0.2) is 12.4 Å². The Bertz CT molecular complexity index is 152. The van der Waals surface area contributed by atoms with Crippen molar-refractivity contribution in [1.82, 2.24) is 5.43 Å². The lowest BCUT2D eigenvalue weighted by atomic mass is 10.3. The highest BCUT2D eigenvalue weighted by molar-refractivity contribution is 9.12. The maximum absolute atomic E-state index is 5.14. The molecule has 0 saturated heterocycles. The second-order valence-corrected chi connectivity index (χ2v) is 2.70. The Hall–Kier alpha value is -0.190. The van der Waals surface area contributed by atoms with Gasteiger partial charge < -0.3 is 0 Å². The SMILES string of the molecule is NNC1CC=C(Br)C=N1. The normalized spacial score (nSPS) is 26.0. The van der Waals surface area contributed by atoms with Crippen LogP contribution in [0.3, 0.4) is 0 Å². The molecule has 0 amide bonds. The lowest BCUT2D eigenvalue weighted by Gasteiger charge is -2.10. The van der Waals surface area contributed by atoms with E-state index in [9.17, 15) is 0 Å². The summed E-state index contributed by atoms with van der Waals surface area (Å²) in [5.41, 5.74) is 2.56. The summed E-state index contributed by atoms with van der Waals surface area (Å²) in [7, 11) is 0. The molecule has 3 N–H and O–H groups in total. The van der Waals surface area contributed by atoms with Crippen molar-refractivity contribution in [2.45, 2.75) is 12.6 Å². The lowest BCUT2D eigenvalue weighted by molar-refractivity contribution is 0.554. The fourth-order valence-electron chi connectivity index (χ4n) is 0.610. The average Bonchev–Trinajstić information content (AvgIpc) is 1.90. The van der Waals surface area contributed by atoms with E-state index in [1.165, 1.54) is 0 Å². The van der Waals surface area contributed by atoms with E-state index in [1.54, 1.807) is 6.21 Å². The highest BCUT2D eigenvalue weighted by atomic mass is 79.9. The van der Waals surface area contributed by atoms with Gasteiger partial charge in [-0.2, -0.15) is 0 Å². The molecule has 4 heteroatoms. The summed E-state index contributed by atoms with van der Waals surface area (Å²) in [5, 5.41) is 0. The maximum Gasteiger partial charge on any atom is 0.115 e. The third-order valence-electron chi connectivity index (χ3n) is 1.11. The molecule has 0 fully saturated rings. The standard InChI is InChI=1S/C5H8BrN3/c6-4-1-2-5(9-7)8-3-4/h1,3,5,9H,2,7H2. The molecule has 0 bridgehead atoms. The van der Waals surface area contributed by atoms with E-state index in [4.69, 9.17) is 5.84 Å². The number of nitrogens with two attached hydrogens (primary N) is 1. The smallest absolute Gasteiger partial charge is 0.115 e. The monoisotopic (exact) mass is 189 g/mol. The molecule has 0 spiro atoms. The minimum Gasteiger partial charge on any atom is -0.272 e. The van der Waals surface area contributed by atoms with Crippen LogP contribution in [0.15, 0.2) is 15.6 Å². The van der Waals surface area contributed by atoms with Crippen LogP contribution in [0.4, 0.5) is 0 Å². The van der Waals surface area contributed by atoms with Crippen LogP contribution in [-0.2, 0) is 0 Å². The second-order valence-electron chi connectivity index (χ2n) is 1.79. The molecule has 0 aliphatic carbocycles. The van der Waals surface area contributed by atoms with Gasteiger partial charge in [-0.15, -0.1) is 0 Å². The van der Waals surface area contributed by atoms with E-state index in [0.29, 0.717) is 0 Å². The molecule has 0 saturated carbocycles. The summed E-state index contributed by atoms with van der Waals surface area (Å²) < 4.78 is 1.02. The summed E-state index contributed by atoms with van der Waals surface area (Å²) in [4.78, 5) is 4.05.